The Bertz CT molecular complexity index is 591. The Kier molecular flexibility index (Phi) is 10.9. The maximum atomic E-state index is 13.2. The van der Waals surface area contributed by atoms with Gasteiger partial charge in [-0.2, -0.15) is 0 Å². The number of ether oxygens (including phenoxy) is 1. The molecular weight excluding hydrogens is 361 g/mol. The average molecular weight is 397 g/mol. The molecule has 154 valence electrons. The van der Waals surface area contributed by atoms with Crippen LogP contribution in [0.5, 0.6) is 0 Å². The SMILES string of the molecule is CCCC(CP(=O)(CCCC(N)C(=O)OCC(C)C)OC)c1ccccc1. The van der Waals surface area contributed by atoms with Crippen LogP contribution in [0.15, 0.2) is 30.3 Å². The van der Waals surface area contributed by atoms with E-state index < -0.39 is 13.4 Å². The third kappa shape index (κ3) is 9.05. The Morgan fingerprint density at radius 2 is 1.85 bits per heavy atom. The summed E-state index contributed by atoms with van der Waals surface area (Å²) < 4.78 is 23.8. The molecule has 0 saturated heterocycles. The molecule has 0 aliphatic heterocycles. The van der Waals surface area contributed by atoms with Gasteiger partial charge in [0.1, 0.15) is 6.04 Å². The summed E-state index contributed by atoms with van der Waals surface area (Å²) in [7, 11) is -1.26. The molecule has 6 heteroatoms. The minimum absolute atomic E-state index is 0.215. The Labute approximate surface area is 164 Å². The largest absolute Gasteiger partial charge is 0.464 e. The first-order chi connectivity index (χ1) is 12.8. The van der Waals surface area contributed by atoms with E-state index in [2.05, 4.69) is 19.1 Å². The van der Waals surface area contributed by atoms with Crippen molar-refractivity contribution < 1.29 is 18.6 Å². The molecular formula is C21H36NO4P. The second kappa shape index (κ2) is 12.3. The Morgan fingerprint density at radius 3 is 2.41 bits per heavy atom. The summed E-state index contributed by atoms with van der Waals surface area (Å²) in [5, 5.41) is 0. The van der Waals surface area contributed by atoms with Crippen molar-refractivity contribution in [1.82, 2.24) is 0 Å². The molecule has 0 aliphatic carbocycles. The predicted octanol–water partition coefficient (Wildman–Crippen LogP) is 4.80. The highest BCUT2D eigenvalue weighted by atomic mass is 31.2. The zero-order chi connectivity index (χ0) is 20.3. The number of hydrogen-bond acceptors (Lipinski definition) is 5. The maximum Gasteiger partial charge on any atom is 0.322 e. The van der Waals surface area contributed by atoms with Crippen LogP contribution >= 0.6 is 7.37 Å². The van der Waals surface area contributed by atoms with Gasteiger partial charge < -0.3 is 15.0 Å². The van der Waals surface area contributed by atoms with E-state index in [1.54, 1.807) is 0 Å². The molecule has 2 N–H and O–H groups in total. The van der Waals surface area contributed by atoms with Gasteiger partial charge in [0.05, 0.1) is 6.61 Å². The highest BCUT2D eigenvalue weighted by molar-refractivity contribution is 7.59. The van der Waals surface area contributed by atoms with Crippen LogP contribution < -0.4 is 5.73 Å². The van der Waals surface area contributed by atoms with Gasteiger partial charge in [0.25, 0.3) is 0 Å². The van der Waals surface area contributed by atoms with Gasteiger partial charge in [-0.15, -0.1) is 0 Å². The van der Waals surface area contributed by atoms with Gasteiger partial charge in [-0.3, -0.25) is 9.36 Å². The smallest absolute Gasteiger partial charge is 0.322 e. The normalized spacial score (nSPS) is 15.9. The Morgan fingerprint density at radius 1 is 1.19 bits per heavy atom. The zero-order valence-electron chi connectivity index (χ0n) is 17.2. The van der Waals surface area contributed by atoms with Crippen LogP contribution in [0, 0.1) is 5.92 Å². The molecule has 0 saturated carbocycles. The van der Waals surface area contributed by atoms with E-state index in [0.29, 0.717) is 31.8 Å². The molecule has 1 aromatic carbocycles. The van der Waals surface area contributed by atoms with Crippen molar-refractivity contribution in [3.05, 3.63) is 35.9 Å². The highest BCUT2D eigenvalue weighted by Gasteiger charge is 2.27. The number of nitrogens with two attached hydrogens (primary N) is 1. The van der Waals surface area contributed by atoms with Gasteiger partial charge in [-0.25, -0.2) is 0 Å². The van der Waals surface area contributed by atoms with Crippen molar-refractivity contribution in [2.24, 2.45) is 11.7 Å². The molecule has 0 heterocycles. The predicted molar refractivity (Wildman–Crippen MR) is 111 cm³/mol. The summed E-state index contributed by atoms with van der Waals surface area (Å²) >= 11 is 0. The fourth-order valence-electron chi connectivity index (χ4n) is 3.06. The van der Waals surface area contributed by atoms with Crippen molar-refractivity contribution >= 4 is 13.3 Å². The molecule has 27 heavy (non-hydrogen) atoms. The Balaban J connectivity index is 2.59. The van der Waals surface area contributed by atoms with Crippen molar-refractivity contribution in [3.8, 4) is 0 Å². The van der Waals surface area contributed by atoms with E-state index in [1.165, 1.54) is 12.7 Å². The van der Waals surface area contributed by atoms with Crippen molar-refractivity contribution in [2.45, 2.75) is 58.4 Å². The van der Waals surface area contributed by atoms with Crippen LogP contribution in [0.1, 0.15) is 57.9 Å². The molecule has 0 spiro atoms. The molecule has 1 rings (SSSR count). The molecule has 0 aromatic heterocycles. The molecule has 0 fully saturated rings. The number of carbonyl (C=O) groups excluding carboxylic acids is 1. The minimum Gasteiger partial charge on any atom is -0.464 e. The number of carbonyl (C=O) groups is 1. The van der Waals surface area contributed by atoms with E-state index >= 15 is 0 Å². The fourth-order valence-corrected chi connectivity index (χ4v) is 5.30. The fraction of sp³-hybridized carbons (Fsp3) is 0.667. The molecule has 0 radical (unpaired) electrons. The average Bonchev–Trinajstić information content (AvgIpc) is 2.66. The summed E-state index contributed by atoms with van der Waals surface area (Å²) in [6.45, 7) is 6.47. The molecule has 5 nitrogen and oxygen atoms in total. The van der Waals surface area contributed by atoms with Crippen molar-refractivity contribution in [3.63, 3.8) is 0 Å². The van der Waals surface area contributed by atoms with Crippen LogP contribution in [0.4, 0.5) is 0 Å². The van der Waals surface area contributed by atoms with Gasteiger partial charge >= 0.3 is 5.97 Å². The lowest BCUT2D eigenvalue weighted by Gasteiger charge is -2.23. The lowest BCUT2D eigenvalue weighted by atomic mass is 9.97. The van der Waals surface area contributed by atoms with Crippen LogP contribution in [0.3, 0.4) is 0 Å². The molecule has 3 unspecified atom stereocenters. The maximum absolute atomic E-state index is 13.2. The van der Waals surface area contributed by atoms with Crippen LogP contribution in [0.2, 0.25) is 0 Å². The number of esters is 1. The summed E-state index contributed by atoms with van der Waals surface area (Å²) in [4.78, 5) is 11.9. The first-order valence-corrected chi connectivity index (χ1v) is 11.9. The monoisotopic (exact) mass is 397 g/mol. The summed E-state index contributed by atoms with van der Waals surface area (Å²) in [5.41, 5.74) is 7.11. The van der Waals surface area contributed by atoms with E-state index in [9.17, 15) is 9.36 Å². The van der Waals surface area contributed by atoms with Gasteiger partial charge in [0, 0.05) is 19.4 Å². The summed E-state index contributed by atoms with van der Waals surface area (Å²) in [5.74, 6) is 0.110. The zero-order valence-corrected chi connectivity index (χ0v) is 18.1. The molecule has 0 aliphatic rings. The molecule has 0 bridgehead atoms. The standard InChI is InChI=1S/C21H36NO4P/c1-5-10-19(18-11-7-6-8-12-18)16-27(24,25-4)14-9-13-20(22)21(23)26-15-17(2)3/h6-8,11-12,17,19-20H,5,9-10,13-16,22H2,1-4H3. The van der Waals surface area contributed by atoms with Gasteiger partial charge in [-0.1, -0.05) is 57.5 Å². The third-order valence-electron chi connectivity index (χ3n) is 4.62. The van der Waals surface area contributed by atoms with Gasteiger partial charge in [0.15, 0.2) is 0 Å². The van der Waals surface area contributed by atoms with Crippen LogP contribution in [-0.4, -0.2) is 38.1 Å². The lowest BCUT2D eigenvalue weighted by molar-refractivity contribution is -0.146. The quantitative estimate of drug-likeness (QED) is 0.382. The minimum atomic E-state index is -2.78. The third-order valence-corrected chi connectivity index (χ3v) is 7.28. The van der Waals surface area contributed by atoms with Crippen molar-refractivity contribution in [1.29, 1.82) is 0 Å². The second-order valence-corrected chi connectivity index (χ2v) is 10.4. The Hall–Kier alpha value is -1.16. The molecule has 3 atom stereocenters. The summed E-state index contributed by atoms with van der Waals surface area (Å²) in [6.07, 6.45) is 3.98. The first kappa shape index (κ1) is 23.9. The number of hydrogen-bond donors (Lipinski definition) is 1. The number of rotatable bonds is 13. The lowest BCUT2D eigenvalue weighted by Crippen LogP contribution is -2.33. The van der Waals surface area contributed by atoms with Crippen LogP contribution in [-0.2, 0) is 18.6 Å². The number of benzene rings is 1. The van der Waals surface area contributed by atoms with Crippen LogP contribution in [0.25, 0.3) is 0 Å². The van der Waals surface area contributed by atoms with E-state index in [0.717, 1.165) is 12.8 Å². The van der Waals surface area contributed by atoms with Gasteiger partial charge in [-0.05, 0) is 36.7 Å². The topological polar surface area (TPSA) is 78.6 Å². The first-order valence-electron chi connectivity index (χ1n) is 9.92. The van der Waals surface area contributed by atoms with E-state index in [-0.39, 0.29) is 17.8 Å². The summed E-state index contributed by atoms with van der Waals surface area (Å²) in [6, 6.07) is 9.51. The van der Waals surface area contributed by atoms with Gasteiger partial charge in [0.2, 0.25) is 7.37 Å². The molecule has 0 amide bonds. The molecule has 1 aromatic rings. The van der Waals surface area contributed by atoms with Crippen molar-refractivity contribution in [2.75, 3.05) is 26.0 Å². The second-order valence-electron chi connectivity index (χ2n) is 7.57. The highest BCUT2D eigenvalue weighted by Crippen LogP contribution is 2.51. The van der Waals surface area contributed by atoms with E-state index in [4.69, 9.17) is 15.0 Å². The van der Waals surface area contributed by atoms with E-state index in [1.807, 2.05) is 32.0 Å².